The number of hydrogen-bond acceptors (Lipinski definition) is 6. The minimum atomic E-state index is -0.771. The SMILES string of the molecule is CC/C=C\C/C=C\C/C=C\C/C=C\CCCCCCCCCCCCC(=O)OC(COC(=O)CCCCCCC)COC(=O)CCCCCCCCCCCCCCCCCCCCCCCCCCCCCCCCCCCC. The van der Waals surface area contributed by atoms with Gasteiger partial charge in [-0.1, -0.05) is 358 Å². The van der Waals surface area contributed by atoms with Gasteiger partial charge in [0.1, 0.15) is 13.2 Å². The second-order valence-corrected chi connectivity index (χ2v) is 24.1. The average Bonchev–Trinajstić information content (AvgIpc) is 3.46. The molecule has 0 aromatic carbocycles. The van der Waals surface area contributed by atoms with Gasteiger partial charge >= 0.3 is 17.9 Å². The Bertz CT molecular complexity index is 1380. The molecule has 0 amide bonds. The maximum absolute atomic E-state index is 12.8. The van der Waals surface area contributed by atoms with E-state index in [1.165, 1.54) is 257 Å². The molecule has 1 atom stereocenters. The summed E-state index contributed by atoms with van der Waals surface area (Å²) in [5, 5.41) is 0. The Morgan fingerprint density at radius 3 is 0.762 bits per heavy atom. The fraction of sp³-hybridized carbons (Fsp3) is 0.851. The third kappa shape index (κ3) is 66.2. The zero-order chi connectivity index (χ0) is 57.8. The van der Waals surface area contributed by atoms with E-state index in [4.69, 9.17) is 14.2 Å². The number of esters is 3. The van der Waals surface area contributed by atoms with E-state index in [1.807, 2.05) is 0 Å². The Morgan fingerprint density at radius 1 is 0.263 bits per heavy atom. The first-order valence-corrected chi connectivity index (χ1v) is 35.6. The van der Waals surface area contributed by atoms with Crippen LogP contribution < -0.4 is 0 Å². The van der Waals surface area contributed by atoms with Crippen LogP contribution in [0.1, 0.15) is 387 Å². The second-order valence-electron chi connectivity index (χ2n) is 24.1. The Labute approximate surface area is 498 Å². The Balaban J connectivity index is 3.88. The van der Waals surface area contributed by atoms with Crippen LogP contribution in [0.25, 0.3) is 0 Å². The molecule has 0 heterocycles. The highest BCUT2D eigenvalue weighted by atomic mass is 16.6. The highest BCUT2D eigenvalue weighted by Gasteiger charge is 2.19. The number of allylic oxidation sites excluding steroid dienone is 8. The smallest absolute Gasteiger partial charge is 0.306 e. The predicted octanol–water partition coefficient (Wildman–Crippen LogP) is 24.5. The number of ether oxygens (including phenoxy) is 3. The van der Waals surface area contributed by atoms with Gasteiger partial charge < -0.3 is 14.2 Å². The van der Waals surface area contributed by atoms with Crippen molar-refractivity contribution in [3.8, 4) is 0 Å². The van der Waals surface area contributed by atoms with E-state index in [9.17, 15) is 14.4 Å². The van der Waals surface area contributed by atoms with Crippen LogP contribution in [0, 0.1) is 0 Å². The molecule has 0 saturated heterocycles. The van der Waals surface area contributed by atoms with Crippen LogP contribution in [0.2, 0.25) is 0 Å². The summed E-state index contributed by atoms with van der Waals surface area (Å²) in [6.45, 7) is 6.50. The summed E-state index contributed by atoms with van der Waals surface area (Å²) in [7, 11) is 0. The maximum Gasteiger partial charge on any atom is 0.306 e. The van der Waals surface area contributed by atoms with Gasteiger partial charge in [-0.25, -0.2) is 0 Å². The zero-order valence-electron chi connectivity index (χ0n) is 53.9. The van der Waals surface area contributed by atoms with Crippen LogP contribution in [0.3, 0.4) is 0 Å². The van der Waals surface area contributed by atoms with Gasteiger partial charge in [-0.15, -0.1) is 0 Å². The van der Waals surface area contributed by atoms with Gasteiger partial charge in [0.25, 0.3) is 0 Å². The van der Waals surface area contributed by atoms with Gasteiger partial charge in [-0.05, 0) is 57.8 Å². The third-order valence-corrected chi connectivity index (χ3v) is 16.1. The number of hydrogen-bond donors (Lipinski definition) is 0. The molecule has 6 heteroatoms. The van der Waals surface area contributed by atoms with E-state index in [-0.39, 0.29) is 31.1 Å². The lowest BCUT2D eigenvalue weighted by Gasteiger charge is -2.18. The lowest BCUT2D eigenvalue weighted by atomic mass is 10.0. The van der Waals surface area contributed by atoms with Crippen molar-refractivity contribution in [1.82, 2.24) is 0 Å². The quantitative estimate of drug-likeness (QED) is 0.0261. The molecule has 1 unspecified atom stereocenters. The van der Waals surface area contributed by atoms with Gasteiger partial charge in [-0.2, -0.15) is 0 Å². The van der Waals surface area contributed by atoms with Crippen molar-refractivity contribution in [2.75, 3.05) is 13.2 Å². The van der Waals surface area contributed by atoms with Crippen molar-refractivity contribution in [3.63, 3.8) is 0 Å². The van der Waals surface area contributed by atoms with E-state index in [2.05, 4.69) is 69.4 Å². The summed E-state index contributed by atoms with van der Waals surface area (Å²) in [4.78, 5) is 38.0. The Hall–Kier alpha value is -2.63. The largest absolute Gasteiger partial charge is 0.462 e. The average molecular weight is 1120 g/mol. The molecule has 468 valence electrons. The first-order chi connectivity index (χ1) is 39.5. The molecule has 0 fully saturated rings. The third-order valence-electron chi connectivity index (χ3n) is 16.1. The van der Waals surface area contributed by atoms with Crippen molar-refractivity contribution >= 4 is 17.9 Å². The molecular weight excluding hydrogens is 985 g/mol. The number of rotatable bonds is 66. The van der Waals surface area contributed by atoms with Crippen molar-refractivity contribution in [1.29, 1.82) is 0 Å². The van der Waals surface area contributed by atoms with Crippen LogP contribution >= 0.6 is 0 Å². The molecule has 6 nitrogen and oxygen atoms in total. The van der Waals surface area contributed by atoms with Crippen LogP contribution in [0.5, 0.6) is 0 Å². The first-order valence-electron chi connectivity index (χ1n) is 35.6. The lowest BCUT2D eigenvalue weighted by molar-refractivity contribution is -0.167. The fourth-order valence-corrected chi connectivity index (χ4v) is 10.8. The highest BCUT2D eigenvalue weighted by molar-refractivity contribution is 5.71. The van der Waals surface area contributed by atoms with E-state index in [1.54, 1.807) is 0 Å². The predicted molar refractivity (Wildman–Crippen MR) is 349 cm³/mol. The van der Waals surface area contributed by atoms with Gasteiger partial charge in [0.2, 0.25) is 0 Å². The van der Waals surface area contributed by atoms with Crippen molar-refractivity contribution in [2.24, 2.45) is 0 Å². The first kappa shape index (κ1) is 77.4. The van der Waals surface area contributed by atoms with Crippen LogP contribution in [-0.2, 0) is 28.6 Å². The summed E-state index contributed by atoms with van der Waals surface area (Å²) in [5.41, 5.74) is 0. The van der Waals surface area contributed by atoms with Crippen LogP contribution in [-0.4, -0.2) is 37.2 Å². The molecule has 0 aromatic heterocycles. The molecule has 0 bridgehead atoms. The highest BCUT2D eigenvalue weighted by Crippen LogP contribution is 2.19. The summed E-state index contributed by atoms with van der Waals surface area (Å²) in [5.74, 6) is -0.869. The molecule has 0 aliphatic rings. The molecule has 0 aromatic rings. The lowest BCUT2D eigenvalue weighted by Crippen LogP contribution is -2.30. The molecule has 0 spiro atoms. The van der Waals surface area contributed by atoms with E-state index >= 15 is 0 Å². The van der Waals surface area contributed by atoms with Crippen LogP contribution in [0.15, 0.2) is 48.6 Å². The van der Waals surface area contributed by atoms with Crippen molar-refractivity contribution in [3.05, 3.63) is 48.6 Å². The molecule has 0 aliphatic heterocycles. The van der Waals surface area contributed by atoms with E-state index < -0.39 is 6.10 Å². The number of unbranched alkanes of at least 4 members (excludes halogenated alkanes) is 47. The van der Waals surface area contributed by atoms with Gasteiger partial charge in [0, 0.05) is 19.3 Å². The van der Waals surface area contributed by atoms with Crippen molar-refractivity contribution < 1.29 is 28.6 Å². The maximum atomic E-state index is 12.8. The summed E-state index contributed by atoms with van der Waals surface area (Å²) in [6.07, 6.45) is 87.9. The molecule has 0 N–H and O–H groups in total. The van der Waals surface area contributed by atoms with Crippen molar-refractivity contribution in [2.45, 2.75) is 393 Å². The zero-order valence-corrected chi connectivity index (χ0v) is 53.9. The Morgan fingerprint density at radius 2 is 0.487 bits per heavy atom. The number of carbonyl (C=O) groups excluding carboxylic acids is 3. The number of carbonyl (C=O) groups is 3. The summed E-state index contributed by atoms with van der Waals surface area (Å²) in [6, 6.07) is 0. The van der Waals surface area contributed by atoms with E-state index in [0.717, 1.165) is 89.9 Å². The van der Waals surface area contributed by atoms with Gasteiger partial charge in [0.15, 0.2) is 6.10 Å². The normalized spacial score (nSPS) is 12.3. The molecule has 0 rings (SSSR count). The van der Waals surface area contributed by atoms with Gasteiger partial charge in [-0.3, -0.25) is 14.4 Å². The topological polar surface area (TPSA) is 78.9 Å². The van der Waals surface area contributed by atoms with Crippen LogP contribution in [0.4, 0.5) is 0 Å². The molecule has 0 saturated carbocycles. The summed E-state index contributed by atoms with van der Waals surface area (Å²) < 4.78 is 16.8. The molecule has 80 heavy (non-hydrogen) atoms. The second kappa shape index (κ2) is 68.9. The minimum Gasteiger partial charge on any atom is -0.462 e. The molecular formula is C74H136O6. The minimum absolute atomic E-state index is 0.0710. The molecule has 0 radical (unpaired) electrons. The monoisotopic (exact) mass is 1120 g/mol. The standard InChI is InChI=1S/C74H136O6/c1-4-7-10-13-15-17-19-21-23-25-27-29-31-32-33-34-35-36-37-38-39-40-41-43-44-46-48-50-52-54-56-58-61-64-67-73(76)79-70-71(69-78-72(75)66-63-60-12-9-6-3)80-74(77)68-65-62-59-57-55-53-51-49-47-45-42-30-28-26-24-22-20-18-16-14-11-8-5-2/h8,11,16,18,22,24,28,30,71H,4-7,9-10,12-15,17,19-21,23,25-27,29,31-70H2,1-3H3/b11-8-,18-16-,24-22-,30-28-. The van der Waals surface area contributed by atoms with E-state index in [0.29, 0.717) is 19.3 Å². The van der Waals surface area contributed by atoms with Gasteiger partial charge in [0.05, 0.1) is 0 Å². The summed E-state index contributed by atoms with van der Waals surface area (Å²) >= 11 is 0. The fourth-order valence-electron chi connectivity index (χ4n) is 10.8. The Kier molecular flexibility index (Phi) is 66.6. The molecule has 0 aliphatic carbocycles.